The minimum Gasteiger partial charge on any atom is -0.368 e. The minimum atomic E-state index is 0. The van der Waals surface area contributed by atoms with Gasteiger partial charge in [0.25, 0.3) is 0 Å². The highest BCUT2D eigenvalue weighted by atomic mass is 127. The van der Waals surface area contributed by atoms with Crippen molar-refractivity contribution in [3.63, 3.8) is 0 Å². The Labute approximate surface area is 177 Å². The Morgan fingerprint density at radius 1 is 1.30 bits per heavy atom. The summed E-state index contributed by atoms with van der Waals surface area (Å²) in [6.45, 7) is 6.96. The molecule has 0 spiro atoms. The van der Waals surface area contributed by atoms with Crippen LogP contribution in [-0.2, 0) is 7.05 Å². The molecule has 150 valence electrons. The second-order valence-electron chi connectivity index (χ2n) is 6.46. The normalized spacial score (nSPS) is 17.7. The number of aryl methyl sites for hydroxylation is 1. The van der Waals surface area contributed by atoms with Crippen molar-refractivity contribution in [3.05, 3.63) is 12.5 Å². The van der Waals surface area contributed by atoms with Crippen molar-refractivity contribution in [2.24, 2.45) is 12.0 Å². The molecule has 1 aliphatic rings. The van der Waals surface area contributed by atoms with E-state index in [0.29, 0.717) is 6.04 Å². The van der Waals surface area contributed by atoms with Gasteiger partial charge in [0.1, 0.15) is 12.1 Å². The minimum absolute atomic E-state index is 0. The molecule has 0 amide bonds. The third kappa shape index (κ3) is 5.41. The highest BCUT2D eigenvalue weighted by Gasteiger charge is 2.22. The number of fused-ring (bicyclic) bond motifs is 1. The van der Waals surface area contributed by atoms with E-state index >= 15 is 0 Å². The summed E-state index contributed by atoms with van der Waals surface area (Å²) in [6.07, 6.45) is 5.89. The van der Waals surface area contributed by atoms with Crippen LogP contribution in [0.1, 0.15) is 19.8 Å². The molecule has 0 aliphatic carbocycles. The Bertz CT molecular complexity index is 745. The van der Waals surface area contributed by atoms with Gasteiger partial charge < -0.3 is 16.0 Å². The first-order valence-electron chi connectivity index (χ1n) is 9.28. The number of aromatic nitrogens is 4. The van der Waals surface area contributed by atoms with Crippen molar-refractivity contribution in [2.75, 3.05) is 45.1 Å². The van der Waals surface area contributed by atoms with E-state index in [0.717, 1.165) is 49.0 Å². The lowest BCUT2D eigenvalue weighted by molar-refractivity contribution is 0.267. The largest absolute Gasteiger partial charge is 0.368 e. The van der Waals surface area contributed by atoms with Crippen LogP contribution in [0.5, 0.6) is 0 Å². The van der Waals surface area contributed by atoms with Gasteiger partial charge in [0.05, 0.1) is 11.6 Å². The predicted molar refractivity (Wildman–Crippen MR) is 120 cm³/mol. The summed E-state index contributed by atoms with van der Waals surface area (Å²) in [6, 6.07) is 0.608. The van der Waals surface area contributed by atoms with Crippen LogP contribution in [-0.4, -0.2) is 76.4 Å². The van der Waals surface area contributed by atoms with Gasteiger partial charge in [-0.25, -0.2) is 9.97 Å². The second-order valence-corrected chi connectivity index (χ2v) is 6.46. The van der Waals surface area contributed by atoms with Gasteiger partial charge in [-0.2, -0.15) is 5.10 Å². The maximum Gasteiger partial charge on any atom is 0.191 e. The van der Waals surface area contributed by atoms with Crippen molar-refractivity contribution >= 4 is 46.8 Å². The Morgan fingerprint density at radius 3 is 2.93 bits per heavy atom. The molecule has 2 aromatic heterocycles. The number of likely N-dealkylation sites (tertiary alicyclic amines) is 1. The molecule has 1 fully saturated rings. The molecule has 3 N–H and O–H groups in total. The molecule has 10 heteroatoms. The Hall–Kier alpha value is -1.69. The number of likely N-dealkylation sites (N-methyl/N-ethyl adjacent to an activating group) is 1. The number of hydrogen-bond acceptors (Lipinski definition) is 6. The van der Waals surface area contributed by atoms with E-state index < -0.39 is 0 Å². The number of halogens is 1. The van der Waals surface area contributed by atoms with Gasteiger partial charge in [-0.3, -0.25) is 14.6 Å². The monoisotopic (exact) mass is 487 g/mol. The van der Waals surface area contributed by atoms with Crippen molar-refractivity contribution in [2.45, 2.75) is 25.8 Å². The van der Waals surface area contributed by atoms with Crippen LogP contribution in [0.2, 0.25) is 0 Å². The molecule has 0 aromatic carbocycles. The van der Waals surface area contributed by atoms with E-state index in [-0.39, 0.29) is 24.0 Å². The number of nitrogens with zero attached hydrogens (tertiary/aromatic N) is 6. The highest BCUT2D eigenvalue weighted by molar-refractivity contribution is 14.0. The zero-order valence-corrected chi connectivity index (χ0v) is 18.6. The summed E-state index contributed by atoms with van der Waals surface area (Å²) in [7, 11) is 3.68. The molecule has 1 saturated heterocycles. The third-order valence-electron chi connectivity index (χ3n) is 4.87. The van der Waals surface area contributed by atoms with Gasteiger partial charge in [0.2, 0.25) is 0 Å². The summed E-state index contributed by atoms with van der Waals surface area (Å²) < 4.78 is 1.74. The first kappa shape index (κ1) is 21.6. The number of nitrogens with one attached hydrogen (secondary N) is 3. The summed E-state index contributed by atoms with van der Waals surface area (Å²) in [5.74, 6) is 1.64. The average Bonchev–Trinajstić information content (AvgIpc) is 3.28. The Morgan fingerprint density at radius 2 is 2.15 bits per heavy atom. The topological polar surface area (TPSA) is 95.3 Å². The molecular weight excluding hydrogens is 457 g/mol. The number of hydrogen-bond donors (Lipinski definition) is 3. The van der Waals surface area contributed by atoms with Crippen LogP contribution in [0.4, 0.5) is 5.82 Å². The molecule has 1 atom stereocenters. The van der Waals surface area contributed by atoms with Crippen LogP contribution < -0.4 is 16.0 Å². The van der Waals surface area contributed by atoms with Crippen molar-refractivity contribution < 1.29 is 0 Å². The fraction of sp³-hybridized carbons (Fsp3) is 0.647. The zero-order valence-electron chi connectivity index (χ0n) is 16.3. The van der Waals surface area contributed by atoms with E-state index in [1.165, 1.54) is 19.4 Å². The summed E-state index contributed by atoms with van der Waals surface area (Å²) in [5, 5.41) is 15.3. The third-order valence-corrected chi connectivity index (χ3v) is 4.87. The summed E-state index contributed by atoms with van der Waals surface area (Å²) >= 11 is 0. The van der Waals surface area contributed by atoms with Crippen molar-refractivity contribution in [1.82, 2.24) is 35.3 Å². The molecule has 3 heterocycles. The zero-order chi connectivity index (χ0) is 18.4. The van der Waals surface area contributed by atoms with Gasteiger partial charge in [0.15, 0.2) is 11.6 Å². The van der Waals surface area contributed by atoms with E-state index in [1.54, 1.807) is 24.3 Å². The van der Waals surface area contributed by atoms with Crippen molar-refractivity contribution in [3.8, 4) is 0 Å². The molecule has 0 saturated carbocycles. The van der Waals surface area contributed by atoms with Crippen LogP contribution in [0.3, 0.4) is 0 Å². The highest BCUT2D eigenvalue weighted by Crippen LogP contribution is 2.17. The molecule has 0 bridgehead atoms. The van der Waals surface area contributed by atoms with E-state index in [2.05, 4.69) is 47.8 Å². The molecule has 9 nitrogen and oxygen atoms in total. The fourth-order valence-electron chi connectivity index (χ4n) is 3.44. The quantitative estimate of drug-likeness (QED) is 0.233. The number of aliphatic imine (C=N–C) groups is 1. The summed E-state index contributed by atoms with van der Waals surface area (Å²) in [5.41, 5.74) is 0.824. The van der Waals surface area contributed by atoms with Crippen molar-refractivity contribution in [1.29, 1.82) is 0 Å². The first-order chi connectivity index (χ1) is 12.7. The number of rotatable bonds is 7. The van der Waals surface area contributed by atoms with Gasteiger partial charge in [-0.05, 0) is 25.9 Å². The molecule has 27 heavy (non-hydrogen) atoms. The standard InChI is InChI=1S/C17H29N9.HI/c1-4-26-9-5-6-13(26)10-21-17(18-2)20-8-7-19-15-14-11-24-25(3)16(14)23-12-22-15;/h11-13H,4-10H2,1-3H3,(H2,18,20,21)(H,19,22,23);1H. The second kappa shape index (κ2) is 10.6. The lowest BCUT2D eigenvalue weighted by Crippen LogP contribution is -2.45. The Kier molecular flexibility index (Phi) is 8.48. The first-order valence-corrected chi connectivity index (χ1v) is 9.28. The Balaban J connectivity index is 0.00000261. The maximum absolute atomic E-state index is 4.31. The SMILES string of the molecule is CCN1CCCC1CNC(=NC)NCCNc1ncnc2c1cnn2C.I. The molecule has 3 rings (SSSR count). The molecule has 0 radical (unpaired) electrons. The van der Waals surface area contributed by atoms with E-state index in [1.807, 2.05) is 7.05 Å². The number of anilines is 1. The van der Waals surface area contributed by atoms with Gasteiger partial charge in [0, 0.05) is 39.8 Å². The molecule has 1 unspecified atom stereocenters. The predicted octanol–water partition coefficient (Wildman–Crippen LogP) is 1.04. The van der Waals surface area contributed by atoms with Crippen LogP contribution >= 0.6 is 24.0 Å². The van der Waals surface area contributed by atoms with Gasteiger partial charge in [-0.15, -0.1) is 24.0 Å². The lowest BCUT2D eigenvalue weighted by atomic mass is 10.2. The maximum atomic E-state index is 4.31. The molecule has 2 aromatic rings. The van der Waals surface area contributed by atoms with Crippen LogP contribution in [0.15, 0.2) is 17.5 Å². The molecule has 1 aliphatic heterocycles. The fourth-order valence-corrected chi connectivity index (χ4v) is 3.44. The number of guanidine groups is 1. The van der Waals surface area contributed by atoms with Crippen LogP contribution in [0.25, 0.3) is 11.0 Å². The average molecular weight is 487 g/mol. The van der Waals surface area contributed by atoms with Gasteiger partial charge in [-0.1, -0.05) is 6.92 Å². The molecular formula is C17H30IN9. The summed E-state index contributed by atoms with van der Waals surface area (Å²) in [4.78, 5) is 15.4. The van der Waals surface area contributed by atoms with E-state index in [4.69, 9.17) is 0 Å². The van der Waals surface area contributed by atoms with Crippen LogP contribution in [0, 0.1) is 0 Å². The smallest absolute Gasteiger partial charge is 0.191 e. The van der Waals surface area contributed by atoms with E-state index in [9.17, 15) is 0 Å². The van der Waals surface area contributed by atoms with Gasteiger partial charge >= 0.3 is 0 Å². The lowest BCUT2D eigenvalue weighted by Gasteiger charge is -2.24.